The SMILES string of the molecule is NC(=O)c1ccc(C(=O)N(CCN2CCCC2)c2ccc(Cl)c(-c3ccccn3)c2)c(Cl)c1. The topological polar surface area (TPSA) is 79.5 Å². The zero-order valence-corrected chi connectivity index (χ0v) is 19.5. The van der Waals surface area contributed by atoms with Crippen LogP contribution in [0.5, 0.6) is 0 Å². The maximum atomic E-state index is 13.6. The Morgan fingerprint density at radius 2 is 1.79 bits per heavy atom. The molecule has 2 amide bonds. The van der Waals surface area contributed by atoms with Gasteiger partial charge in [-0.25, -0.2) is 0 Å². The summed E-state index contributed by atoms with van der Waals surface area (Å²) in [4.78, 5) is 33.6. The van der Waals surface area contributed by atoms with Gasteiger partial charge in [-0.15, -0.1) is 0 Å². The average Bonchev–Trinajstić information content (AvgIpc) is 3.34. The lowest BCUT2D eigenvalue weighted by atomic mass is 10.1. The minimum absolute atomic E-state index is 0.182. The molecule has 0 saturated carbocycles. The molecule has 2 aromatic carbocycles. The number of rotatable bonds is 7. The molecule has 3 aromatic rings. The fourth-order valence-corrected chi connectivity index (χ4v) is 4.46. The molecule has 2 heterocycles. The van der Waals surface area contributed by atoms with Gasteiger partial charge >= 0.3 is 0 Å². The molecule has 0 aliphatic carbocycles. The van der Waals surface area contributed by atoms with Crippen LogP contribution in [0.4, 0.5) is 5.69 Å². The van der Waals surface area contributed by atoms with Crippen molar-refractivity contribution in [2.75, 3.05) is 31.1 Å². The normalized spacial score (nSPS) is 13.8. The van der Waals surface area contributed by atoms with Gasteiger partial charge in [-0.05, 0) is 74.5 Å². The van der Waals surface area contributed by atoms with Crippen LogP contribution in [0.1, 0.15) is 33.6 Å². The van der Waals surface area contributed by atoms with Crippen LogP contribution < -0.4 is 10.6 Å². The number of benzene rings is 2. The van der Waals surface area contributed by atoms with Crippen LogP contribution in [-0.2, 0) is 0 Å². The molecular weight excluding hydrogens is 459 g/mol. The summed E-state index contributed by atoms with van der Waals surface area (Å²) in [5, 5.41) is 0.731. The molecule has 170 valence electrons. The number of carbonyl (C=O) groups excluding carboxylic acids is 2. The van der Waals surface area contributed by atoms with Crippen LogP contribution in [0.2, 0.25) is 10.0 Å². The van der Waals surface area contributed by atoms with E-state index in [0.29, 0.717) is 22.8 Å². The fourth-order valence-electron chi connectivity index (χ4n) is 3.98. The van der Waals surface area contributed by atoms with Gasteiger partial charge in [-0.1, -0.05) is 29.3 Å². The summed E-state index contributed by atoms with van der Waals surface area (Å²) in [5.41, 5.74) is 8.06. The number of hydrogen-bond donors (Lipinski definition) is 1. The molecular formula is C25H24Cl2N4O2. The summed E-state index contributed by atoms with van der Waals surface area (Å²) in [6.07, 6.45) is 4.03. The number of likely N-dealkylation sites (tertiary alicyclic amines) is 1. The van der Waals surface area contributed by atoms with Gasteiger partial charge in [0.15, 0.2) is 0 Å². The first kappa shape index (κ1) is 23.2. The number of nitrogens with two attached hydrogens (primary N) is 1. The third-order valence-electron chi connectivity index (χ3n) is 5.77. The molecule has 1 aliphatic rings. The molecule has 1 saturated heterocycles. The largest absolute Gasteiger partial charge is 0.366 e. The summed E-state index contributed by atoms with van der Waals surface area (Å²) < 4.78 is 0. The Kier molecular flexibility index (Phi) is 7.28. The highest BCUT2D eigenvalue weighted by Gasteiger charge is 2.23. The molecule has 1 fully saturated rings. The van der Waals surface area contributed by atoms with E-state index < -0.39 is 5.91 Å². The van der Waals surface area contributed by atoms with Crippen LogP contribution in [0.15, 0.2) is 60.8 Å². The number of halogens is 2. The number of nitrogens with zero attached hydrogens (tertiary/aromatic N) is 3. The van der Waals surface area contributed by atoms with Crippen LogP contribution in [0, 0.1) is 0 Å². The van der Waals surface area contributed by atoms with E-state index in [2.05, 4.69) is 9.88 Å². The molecule has 0 bridgehead atoms. The predicted octanol–water partition coefficient (Wildman–Crippen LogP) is 4.90. The van der Waals surface area contributed by atoms with Crippen LogP contribution in [0.3, 0.4) is 0 Å². The second kappa shape index (κ2) is 10.3. The highest BCUT2D eigenvalue weighted by atomic mass is 35.5. The molecule has 6 nitrogen and oxygen atoms in total. The van der Waals surface area contributed by atoms with Crippen molar-refractivity contribution >= 4 is 40.7 Å². The van der Waals surface area contributed by atoms with E-state index in [4.69, 9.17) is 28.9 Å². The Bertz CT molecular complexity index is 1160. The minimum atomic E-state index is -0.598. The van der Waals surface area contributed by atoms with Crippen molar-refractivity contribution in [2.24, 2.45) is 5.73 Å². The Balaban J connectivity index is 1.71. The highest BCUT2D eigenvalue weighted by molar-refractivity contribution is 6.35. The first-order valence-electron chi connectivity index (χ1n) is 10.8. The van der Waals surface area contributed by atoms with Crippen molar-refractivity contribution in [2.45, 2.75) is 12.8 Å². The van der Waals surface area contributed by atoms with Crippen molar-refractivity contribution in [3.8, 4) is 11.3 Å². The third-order valence-corrected chi connectivity index (χ3v) is 6.41. The lowest BCUT2D eigenvalue weighted by Gasteiger charge is -2.27. The summed E-state index contributed by atoms with van der Waals surface area (Å²) in [6, 6.07) is 15.6. The lowest BCUT2D eigenvalue weighted by Crippen LogP contribution is -2.38. The summed E-state index contributed by atoms with van der Waals surface area (Å²) in [6.45, 7) is 3.27. The number of pyridine rings is 1. The van der Waals surface area contributed by atoms with E-state index in [1.807, 2.05) is 30.3 Å². The van der Waals surface area contributed by atoms with Crippen molar-refractivity contribution in [1.82, 2.24) is 9.88 Å². The number of amides is 2. The molecule has 0 atom stereocenters. The minimum Gasteiger partial charge on any atom is -0.366 e. The quantitative estimate of drug-likeness (QED) is 0.519. The van der Waals surface area contributed by atoms with Gasteiger partial charge in [0, 0.05) is 36.1 Å². The van der Waals surface area contributed by atoms with Gasteiger partial charge in [-0.2, -0.15) is 0 Å². The summed E-state index contributed by atoms with van der Waals surface area (Å²) >= 11 is 12.9. The van der Waals surface area contributed by atoms with E-state index in [1.165, 1.54) is 25.0 Å². The Labute approximate surface area is 202 Å². The first-order chi connectivity index (χ1) is 15.9. The van der Waals surface area contributed by atoms with Crippen molar-refractivity contribution in [1.29, 1.82) is 0 Å². The molecule has 2 N–H and O–H groups in total. The average molecular weight is 483 g/mol. The van der Waals surface area contributed by atoms with Gasteiger partial charge in [0.25, 0.3) is 5.91 Å². The van der Waals surface area contributed by atoms with Gasteiger partial charge in [-0.3, -0.25) is 14.6 Å². The van der Waals surface area contributed by atoms with E-state index in [9.17, 15) is 9.59 Å². The third kappa shape index (κ3) is 5.36. The number of hydrogen-bond acceptors (Lipinski definition) is 4. The zero-order valence-electron chi connectivity index (χ0n) is 18.0. The lowest BCUT2D eigenvalue weighted by molar-refractivity contribution is 0.0978. The monoisotopic (exact) mass is 482 g/mol. The Morgan fingerprint density at radius 3 is 2.45 bits per heavy atom. The van der Waals surface area contributed by atoms with Gasteiger partial charge in [0.05, 0.1) is 21.3 Å². The number of primary amides is 1. The van der Waals surface area contributed by atoms with E-state index in [1.54, 1.807) is 23.2 Å². The summed E-state index contributed by atoms with van der Waals surface area (Å²) in [5.74, 6) is -0.857. The van der Waals surface area contributed by atoms with Gasteiger partial charge in [0.1, 0.15) is 0 Å². The van der Waals surface area contributed by atoms with Crippen molar-refractivity contribution < 1.29 is 9.59 Å². The van der Waals surface area contributed by atoms with E-state index in [0.717, 1.165) is 30.9 Å². The molecule has 0 spiro atoms. The standard InChI is InChI=1S/C25H24Cl2N4O2/c26-21-9-7-18(16-20(21)23-5-1-2-10-29-23)31(14-13-30-11-3-4-12-30)25(33)19-8-6-17(24(28)32)15-22(19)27/h1-2,5-10,15-16H,3-4,11-14H2,(H2,28,32). The maximum absolute atomic E-state index is 13.6. The first-order valence-corrected chi connectivity index (χ1v) is 11.5. The second-order valence-corrected chi connectivity index (χ2v) is 8.76. The maximum Gasteiger partial charge on any atom is 0.259 e. The highest BCUT2D eigenvalue weighted by Crippen LogP contribution is 2.32. The molecule has 0 radical (unpaired) electrons. The molecule has 0 unspecified atom stereocenters. The van der Waals surface area contributed by atoms with Crippen molar-refractivity contribution in [3.63, 3.8) is 0 Å². The number of carbonyl (C=O) groups is 2. The molecule has 33 heavy (non-hydrogen) atoms. The van der Waals surface area contributed by atoms with Crippen LogP contribution >= 0.6 is 23.2 Å². The van der Waals surface area contributed by atoms with Crippen LogP contribution in [-0.4, -0.2) is 47.9 Å². The summed E-state index contributed by atoms with van der Waals surface area (Å²) in [7, 11) is 0. The number of anilines is 1. The number of aromatic nitrogens is 1. The smallest absolute Gasteiger partial charge is 0.259 e. The zero-order chi connectivity index (χ0) is 23.4. The van der Waals surface area contributed by atoms with E-state index >= 15 is 0 Å². The predicted molar refractivity (Wildman–Crippen MR) is 132 cm³/mol. The van der Waals surface area contributed by atoms with Crippen LogP contribution in [0.25, 0.3) is 11.3 Å². The second-order valence-electron chi connectivity index (χ2n) is 7.94. The molecule has 1 aromatic heterocycles. The Hall–Kier alpha value is -2.93. The molecule has 1 aliphatic heterocycles. The van der Waals surface area contributed by atoms with Gasteiger partial charge in [0.2, 0.25) is 5.91 Å². The fraction of sp³-hybridized carbons (Fsp3) is 0.240. The molecule has 8 heteroatoms. The van der Waals surface area contributed by atoms with E-state index in [-0.39, 0.29) is 16.5 Å². The van der Waals surface area contributed by atoms with Gasteiger partial charge < -0.3 is 15.5 Å². The molecule has 4 rings (SSSR count). The Morgan fingerprint density at radius 1 is 1.00 bits per heavy atom. The van der Waals surface area contributed by atoms with Crippen molar-refractivity contribution in [3.05, 3.63) is 82.0 Å².